The van der Waals surface area contributed by atoms with Gasteiger partial charge in [0.05, 0.1) is 7.05 Å². The molecule has 0 spiro atoms. The summed E-state index contributed by atoms with van der Waals surface area (Å²) in [7, 11) is 1.89. The van der Waals surface area contributed by atoms with Crippen molar-refractivity contribution in [3.63, 3.8) is 0 Å². The maximum Gasteiger partial charge on any atom is 0.283 e. The second-order valence-corrected chi connectivity index (χ2v) is 7.06. The van der Waals surface area contributed by atoms with Gasteiger partial charge in [-0.05, 0) is 31.9 Å². The van der Waals surface area contributed by atoms with Crippen LogP contribution in [0.4, 0.5) is 5.69 Å². The minimum Gasteiger partial charge on any atom is -0.348 e. The van der Waals surface area contributed by atoms with Gasteiger partial charge in [0.1, 0.15) is 0 Å². The lowest BCUT2D eigenvalue weighted by Crippen LogP contribution is -3.11. The number of carbonyl (C=O) groups is 2. The standard InChI is InChI=1S/C21H25N3O2/c1-15-8-10-17(11-9-15)22-19(25)14-24(2)20(16-6-4-3-5-7-16)21(26)23-18-12-13-18/h3-11,18,20H,12-14H2,1-2H3,(H,22,25)(H,23,26)/p+1/t20-/m1/s1. The van der Waals surface area contributed by atoms with E-state index in [2.05, 4.69) is 10.6 Å². The van der Waals surface area contributed by atoms with Crippen LogP contribution in [0.3, 0.4) is 0 Å². The zero-order valence-electron chi connectivity index (χ0n) is 15.3. The van der Waals surface area contributed by atoms with Crippen LogP contribution >= 0.6 is 0 Å². The van der Waals surface area contributed by atoms with E-state index < -0.39 is 6.04 Å². The first kappa shape index (κ1) is 18.1. The van der Waals surface area contributed by atoms with E-state index in [0.717, 1.165) is 34.6 Å². The van der Waals surface area contributed by atoms with Gasteiger partial charge in [0, 0.05) is 17.3 Å². The van der Waals surface area contributed by atoms with Crippen LogP contribution in [0.2, 0.25) is 0 Å². The fourth-order valence-electron chi connectivity index (χ4n) is 3.01. The largest absolute Gasteiger partial charge is 0.348 e. The number of benzene rings is 2. The van der Waals surface area contributed by atoms with E-state index in [9.17, 15) is 9.59 Å². The summed E-state index contributed by atoms with van der Waals surface area (Å²) in [5, 5.41) is 5.98. The normalized spacial score (nSPS) is 15.8. The molecule has 1 aliphatic carbocycles. The van der Waals surface area contributed by atoms with Gasteiger partial charge in [-0.3, -0.25) is 9.59 Å². The van der Waals surface area contributed by atoms with Gasteiger partial charge in [-0.25, -0.2) is 0 Å². The molecule has 2 aromatic rings. The molecule has 5 heteroatoms. The number of aryl methyl sites for hydroxylation is 1. The fourth-order valence-corrected chi connectivity index (χ4v) is 3.01. The van der Waals surface area contributed by atoms with Crippen molar-refractivity contribution in [3.8, 4) is 0 Å². The van der Waals surface area contributed by atoms with E-state index in [1.807, 2.05) is 68.6 Å². The first-order chi connectivity index (χ1) is 12.5. The van der Waals surface area contributed by atoms with E-state index in [0.29, 0.717) is 6.04 Å². The molecule has 0 heterocycles. The summed E-state index contributed by atoms with van der Waals surface area (Å²) in [6.45, 7) is 2.22. The number of carbonyl (C=O) groups excluding carboxylic acids is 2. The Morgan fingerprint density at radius 2 is 1.73 bits per heavy atom. The summed E-state index contributed by atoms with van der Waals surface area (Å²) < 4.78 is 0. The summed E-state index contributed by atoms with van der Waals surface area (Å²) in [6, 6.07) is 17.2. The van der Waals surface area contributed by atoms with Crippen LogP contribution in [0.5, 0.6) is 0 Å². The van der Waals surface area contributed by atoms with Crippen LogP contribution in [0.15, 0.2) is 54.6 Å². The molecule has 0 radical (unpaired) electrons. The molecule has 3 N–H and O–H groups in total. The first-order valence-corrected chi connectivity index (χ1v) is 9.07. The number of quaternary nitrogens is 1. The summed E-state index contributed by atoms with van der Waals surface area (Å²) in [4.78, 5) is 26.0. The summed E-state index contributed by atoms with van der Waals surface area (Å²) in [6.07, 6.45) is 2.08. The fraction of sp³-hybridized carbons (Fsp3) is 0.333. The Bertz CT molecular complexity index is 755. The molecular weight excluding hydrogens is 326 g/mol. The Hall–Kier alpha value is -2.66. The zero-order valence-corrected chi connectivity index (χ0v) is 15.3. The molecule has 3 rings (SSSR count). The van der Waals surface area contributed by atoms with Crippen molar-refractivity contribution in [2.24, 2.45) is 0 Å². The molecule has 1 aliphatic rings. The lowest BCUT2D eigenvalue weighted by molar-refractivity contribution is -0.894. The van der Waals surface area contributed by atoms with Gasteiger partial charge in [-0.15, -0.1) is 0 Å². The van der Waals surface area contributed by atoms with Crippen LogP contribution in [-0.2, 0) is 9.59 Å². The third-order valence-electron chi connectivity index (χ3n) is 4.59. The average molecular weight is 352 g/mol. The molecule has 0 aromatic heterocycles. The van der Waals surface area contributed by atoms with E-state index in [-0.39, 0.29) is 18.4 Å². The molecule has 1 saturated carbocycles. The van der Waals surface area contributed by atoms with Crippen molar-refractivity contribution in [1.82, 2.24) is 5.32 Å². The smallest absolute Gasteiger partial charge is 0.283 e. The molecule has 0 bridgehead atoms. The summed E-state index contributed by atoms with van der Waals surface area (Å²) >= 11 is 0. The molecule has 1 unspecified atom stereocenters. The molecule has 26 heavy (non-hydrogen) atoms. The highest BCUT2D eigenvalue weighted by Gasteiger charge is 2.34. The number of hydrogen-bond donors (Lipinski definition) is 3. The average Bonchev–Trinajstić information content (AvgIpc) is 3.42. The van der Waals surface area contributed by atoms with E-state index in [1.165, 1.54) is 0 Å². The van der Waals surface area contributed by atoms with Crippen LogP contribution < -0.4 is 15.5 Å². The molecule has 0 saturated heterocycles. The van der Waals surface area contributed by atoms with E-state index in [4.69, 9.17) is 0 Å². The molecule has 2 amide bonds. The Labute approximate surface area is 154 Å². The summed E-state index contributed by atoms with van der Waals surface area (Å²) in [5.41, 5.74) is 2.84. The lowest BCUT2D eigenvalue weighted by Gasteiger charge is -2.24. The Kier molecular flexibility index (Phi) is 5.68. The van der Waals surface area contributed by atoms with Crippen molar-refractivity contribution >= 4 is 17.5 Å². The highest BCUT2D eigenvalue weighted by atomic mass is 16.2. The topological polar surface area (TPSA) is 62.6 Å². The SMILES string of the molecule is Cc1ccc(NC(=O)C[NH+](C)[C@@H](C(=O)NC2CC2)c2ccccc2)cc1. The van der Waals surface area contributed by atoms with Crippen LogP contribution in [0, 0.1) is 6.92 Å². The third kappa shape index (κ3) is 4.92. The van der Waals surface area contributed by atoms with Crippen molar-refractivity contribution in [2.75, 3.05) is 18.9 Å². The quantitative estimate of drug-likeness (QED) is 0.707. The Morgan fingerprint density at radius 1 is 1.08 bits per heavy atom. The molecule has 1 fully saturated rings. The van der Waals surface area contributed by atoms with Crippen molar-refractivity contribution in [3.05, 3.63) is 65.7 Å². The van der Waals surface area contributed by atoms with E-state index >= 15 is 0 Å². The van der Waals surface area contributed by atoms with Crippen molar-refractivity contribution in [1.29, 1.82) is 0 Å². The van der Waals surface area contributed by atoms with Crippen LogP contribution in [0.1, 0.15) is 30.0 Å². The van der Waals surface area contributed by atoms with Gasteiger partial charge in [0.2, 0.25) is 0 Å². The minimum atomic E-state index is -0.402. The van der Waals surface area contributed by atoms with Crippen molar-refractivity contribution in [2.45, 2.75) is 31.8 Å². The maximum atomic E-state index is 12.7. The van der Waals surface area contributed by atoms with E-state index in [1.54, 1.807) is 0 Å². The number of likely N-dealkylation sites (N-methyl/N-ethyl adjacent to an activating group) is 1. The van der Waals surface area contributed by atoms with Gasteiger partial charge in [0.15, 0.2) is 12.6 Å². The molecular formula is C21H26N3O2+. The molecule has 5 nitrogen and oxygen atoms in total. The second kappa shape index (κ2) is 8.15. The molecule has 2 atom stereocenters. The van der Waals surface area contributed by atoms with Crippen LogP contribution in [0.25, 0.3) is 0 Å². The zero-order chi connectivity index (χ0) is 18.5. The molecule has 136 valence electrons. The summed E-state index contributed by atoms with van der Waals surface area (Å²) in [5.74, 6) is -0.120. The Morgan fingerprint density at radius 3 is 2.35 bits per heavy atom. The number of amides is 2. The Balaban J connectivity index is 1.67. The highest BCUT2D eigenvalue weighted by Crippen LogP contribution is 2.20. The van der Waals surface area contributed by atoms with Gasteiger partial charge < -0.3 is 15.5 Å². The van der Waals surface area contributed by atoms with Crippen LogP contribution in [-0.4, -0.2) is 31.4 Å². The van der Waals surface area contributed by atoms with Gasteiger partial charge in [-0.1, -0.05) is 48.0 Å². The third-order valence-corrected chi connectivity index (χ3v) is 4.59. The van der Waals surface area contributed by atoms with Gasteiger partial charge in [-0.2, -0.15) is 0 Å². The molecule has 0 aliphatic heterocycles. The maximum absolute atomic E-state index is 12.7. The predicted octanol–water partition coefficient (Wildman–Crippen LogP) is 1.47. The number of anilines is 1. The highest BCUT2D eigenvalue weighted by molar-refractivity contribution is 5.91. The number of hydrogen-bond acceptors (Lipinski definition) is 2. The first-order valence-electron chi connectivity index (χ1n) is 9.07. The second-order valence-electron chi connectivity index (χ2n) is 7.06. The van der Waals surface area contributed by atoms with Crippen molar-refractivity contribution < 1.29 is 14.5 Å². The number of rotatable bonds is 7. The van der Waals surface area contributed by atoms with Gasteiger partial charge in [0.25, 0.3) is 11.8 Å². The minimum absolute atomic E-state index is 0.0145. The predicted molar refractivity (Wildman–Crippen MR) is 102 cm³/mol. The monoisotopic (exact) mass is 352 g/mol. The lowest BCUT2D eigenvalue weighted by atomic mass is 10.0. The number of nitrogens with one attached hydrogen (secondary N) is 3. The van der Waals surface area contributed by atoms with Gasteiger partial charge >= 0.3 is 0 Å². The molecule has 2 aromatic carbocycles.